The molecule has 0 aliphatic heterocycles. The second-order valence-electron chi connectivity index (χ2n) is 4.23. The molecule has 1 aromatic rings. The van der Waals surface area contributed by atoms with Gasteiger partial charge in [0, 0.05) is 13.1 Å². The molecule has 0 amide bonds. The molecule has 0 saturated carbocycles. The highest BCUT2D eigenvalue weighted by molar-refractivity contribution is 5.48. The van der Waals surface area contributed by atoms with E-state index in [1.165, 1.54) is 0 Å². The number of rotatable bonds is 3. The smallest absolute Gasteiger partial charge is 0.134 e. The van der Waals surface area contributed by atoms with E-state index in [-0.39, 0.29) is 12.1 Å². The molecular weight excluding hydrogens is 192 g/mol. The Bertz CT molecular complexity index is 331. The number of aryl methyl sites for hydroxylation is 1. The van der Waals surface area contributed by atoms with Gasteiger partial charge in [-0.3, -0.25) is 0 Å². The number of nitrogens with two attached hydrogens (primary N) is 1. The van der Waals surface area contributed by atoms with Gasteiger partial charge in [0.05, 0.1) is 12.1 Å². The first kappa shape index (κ1) is 11.7. The zero-order chi connectivity index (χ0) is 11.6. The summed E-state index contributed by atoms with van der Waals surface area (Å²) in [4.78, 5) is 10.2. The minimum atomic E-state index is -0.368. The molecule has 1 aromatic heterocycles. The standard InChI is InChI=1S/C10H18N4O/c1-7-12-8(11)5-9(13-7)14(4)10(2,3)6-15/h5,15H,6H2,1-4H3,(H2,11,12,13). The quantitative estimate of drug-likeness (QED) is 0.763. The summed E-state index contributed by atoms with van der Waals surface area (Å²) >= 11 is 0. The van der Waals surface area contributed by atoms with E-state index in [0.717, 1.165) is 5.82 Å². The predicted molar refractivity (Wildman–Crippen MR) is 60.7 cm³/mol. The Balaban J connectivity index is 3.06. The number of likely N-dealkylation sites (N-methyl/N-ethyl adjacent to an activating group) is 1. The molecule has 5 nitrogen and oxygen atoms in total. The van der Waals surface area contributed by atoms with Gasteiger partial charge in [0.2, 0.25) is 0 Å². The maximum absolute atomic E-state index is 9.25. The van der Waals surface area contributed by atoms with Crippen LogP contribution in [0, 0.1) is 6.92 Å². The molecular formula is C10H18N4O. The van der Waals surface area contributed by atoms with E-state index in [9.17, 15) is 5.11 Å². The van der Waals surface area contributed by atoms with Gasteiger partial charge in [0.15, 0.2) is 0 Å². The molecule has 0 unspecified atom stereocenters. The molecule has 84 valence electrons. The zero-order valence-electron chi connectivity index (χ0n) is 9.65. The fraction of sp³-hybridized carbons (Fsp3) is 0.600. The molecule has 1 heterocycles. The molecule has 0 radical (unpaired) electrons. The van der Waals surface area contributed by atoms with E-state index in [2.05, 4.69) is 9.97 Å². The Labute approximate surface area is 90.0 Å². The van der Waals surface area contributed by atoms with Crippen molar-refractivity contribution < 1.29 is 5.11 Å². The molecule has 0 atom stereocenters. The van der Waals surface area contributed by atoms with E-state index in [4.69, 9.17) is 5.73 Å². The van der Waals surface area contributed by atoms with E-state index < -0.39 is 0 Å². The number of aliphatic hydroxyl groups excluding tert-OH is 1. The van der Waals surface area contributed by atoms with Crippen molar-refractivity contribution in [1.82, 2.24) is 9.97 Å². The van der Waals surface area contributed by atoms with Crippen molar-refractivity contribution in [2.75, 3.05) is 24.3 Å². The molecule has 3 N–H and O–H groups in total. The molecule has 0 bridgehead atoms. The highest BCUT2D eigenvalue weighted by Crippen LogP contribution is 2.20. The van der Waals surface area contributed by atoms with Crippen molar-refractivity contribution in [1.29, 1.82) is 0 Å². The van der Waals surface area contributed by atoms with Crippen molar-refractivity contribution in [2.24, 2.45) is 0 Å². The third-order valence-corrected chi connectivity index (χ3v) is 2.48. The molecule has 0 saturated heterocycles. The van der Waals surface area contributed by atoms with Crippen LogP contribution in [0.1, 0.15) is 19.7 Å². The summed E-state index contributed by atoms with van der Waals surface area (Å²) < 4.78 is 0. The van der Waals surface area contributed by atoms with Gasteiger partial charge in [0.25, 0.3) is 0 Å². The monoisotopic (exact) mass is 210 g/mol. The van der Waals surface area contributed by atoms with Crippen LogP contribution in [0.4, 0.5) is 11.6 Å². The third kappa shape index (κ3) is 2.56. The number of nitrogens with zero attached hydrogens (tertiary/aromatic N) is 3. The van der Waals surface area contributed by atoms with Gasteiger partial charge >= 0.3 is 0 Å². The van der Waals surface area contributed by atoms with Gasteiger partial charge in [-0.15, -0.1) is 0 Å². The Kier molecular flexibility index (Phi) is 3.14. The molecule has 0 spiro atoms. The highest BCUT2D eigenvalue weighted by Gasteiger charge is 2.24. The van der Waals surface area contributed by atoms with E-state index >= 15 is 0 Å². The molecule has 0 fully saturated rings. The Morgan fingerprint density at radius 3 is 2.53 bits per heavy atom. The van der Waals surface area contributed by atoms with Crippen LogP contribution >= 0.6 is 0 Å². The van der Waals surface area contributed by atoms with E-state index in [0.29, 0.717) is 11.6 Å². The number of hydrogen-bond donors (Lipinski definition) is 2. The Morgan fingerprint density at radius 2 is 2.07 bits per heavy atom. The largest absolute Gasteiger partial charge is 0.394 e. The molecule has 0 aromatic carbocycles. The maximum Gasteiger partial charge on any atom is 0.134 e. The highest BCUT2D eigenvalue weighted by atomic mass is 16.3. The molecule has 15 heavy (non-hydrogen) atoms. The first-order chi connectivity index (χ1) is 6.86. The summed E-state index contributed by atoms with van der Waals surface area (Å²) in [6, 6.07) is 1.70. The minimum absolute atomic E-state index is 0.0481. The second kappa shape index (κ2) is 4.02. The first-order valence-electron chi connectivity index (χ1n) is 4.82. The summed E-state index contributed by atoms with van der Waals surface area (Å²) in [5.41, 5.74) is 5.27. The van der Waals surface area contributed by atoms with Crippen LogP contribution in [0.25, 0.3) is 0 Å². The number of anilines is 2. The number of aliphatic hydroxyl groups is 1. The van der Waals surface area contributed by atoms with Crippen LogP contribution in [0.2, 0.25) is 0 Å². The topological polar surface area (TPSA) is 75.3 Å². The van der Waals surface area contributed by atoms with Gasteiger partial charge in [-0.05, 0) is 20.8 Å². The van der Waals surface area contributed by atoms with Gasteiger partial charge in [-0.2, -0.15) is 0 Å². The second-order valence-corrected chi connectivity index (χ2v) is 4.23. The van der Waals surface area contributed by atoms with Crippen LogP contribution in [0.3, 0.4) is 0 Å². The lowest BCUT2D eigenvalue weighted by Crippen LogP contribution is -2.45. The summed E-state index contributed by atoms with van der Waals surface area (Å²) in [6.45, 7) is 5.70. The lowest BCUT2D eigenvalue weighted by atomic mass is 10.1. The van der Waals surface area contributed by atoms with Crippen LogP contribution in [0.5, 0.6) is 0 Å². The number of hydrogen-bond acceptors (Lipinski definition) is 5. The summed E-state index contributed by atoms with van der Waals surface area (Å²) in [5, 5.41) is 9.25. The van der Waals surface area contributed by atoms with E-state index in [1.54, 1.807) is 13.0 Å². The van der Waals surface area contributed by atoms with Crippen molar-refractivity contribution >= 4 is 11.6 Å². The van der Waals surface area contributed by atoms with Crippen molar-refractivity contribution in [2.45, 2.75) is 26.3 Å². The first-order valence-corrected chi connectivity index (χ1v) is 4.82. The minimum Gasteiger partial charge on any atom is -0.394 e. The Morgan fingerprint density at radius 1 is 1.47 bits per heavy atom. The van der Waals surface area contributed by atoms with Crippen LogP contribution in [-0.2, 0) is 0 Å². The van der Waals surface area contributed by atoms with Gasteiger partial charge in [-0.1, -0.05) is 0 Å². The van der Waals surface area contributed by atoms with Crippen LogP contribution < -0.4 is 10.6 Å². The van der Waals surface area contributed by atoms with Crippen molar-refractivity contribution in [3.63, 3.8) is 0 Å². The fourth-order valence-electron chi connectivity index (χ4n) is 1.16. The van der Waals surface area contributed by atoms with Crippen LogP contribution in [0.15, 0.2) is 6.07 Å². The zero-order valence-corrected chi connectivity index (χ0v) is 9.65. The molecule has 1 rings (SSSR count). The van der Waals surface area contributed by atoms with Crippen molar-refractivity contribution in [3.8, 4) is 0 Å². The molecule has 0 aliphatic carbocycles. The average molecular weight is 210 g/mol. The van der Waals surface area contributed by atoms with E-state index in [1.807, 2.05) is 25.8 Å². The lowest BCUT2D eigenvalue weighted by Gasteiger charge is -2.34. The number of aromatic nitrogens is 2. The number of nitrogen functional groups attached to an aromatic ring is 1. The lowest BCUT2D eigenvalue weighted by molar-refractivity contribution is 0.215. The average Bonchev–Trinajstić information content (AvgIpc) is 2.15. The van der Waals surface area contributed by atoms with Gasteiger partial charge in [0.1, 0.15) is 17.5 Å². The van der Waals surface area contributed by atoms with Crippen molar-refractivity contribution in [3.05, 3.63) is 11.9 Å². The normalized spacial score (nSPS) is 11.5. The SMILES string of the molecule is Cc1nc(N)cc(N(C)C(C)(C)CO)n1. The Hall–Kier alpha value is -1.36. The summed E-state index contributed by atoms with van der Waals surface area (Å²) in [7, 11) is 1.87. The van der Waals surface area contributed by atoms with Gasteiger partial charge in [-0.25, -0.2) is 9.97 Å². The summed E-state index contributed by atoms with van der Waals surface area (Å²) in [5.74, 6) is 1.79. The van der Waals surface area contributed by atoms with Gasteiger partial charge < -0.3 is 15.7 Å². The maximum atomic E-state index is 9.25. The predicted octanol–water partition coefficient (Wildman–Crippen LogP) is 0.574. The third-order valence-electron chi connectivity index (χ3n) is 2.48. The molecule has 0 aliphatic rings. The van der Waals surface area contributed by atoms with Crippen LogP contribution in [-0.4, -0.2) is 34.3 Å². The summed E-state index contributed by atoms with van der Waals surface area (Å²) in [6.07, 6.45) is 0. The fourth-order valence-corrected chi connectivity index (χ4v) is 1.16. The molecule has 5 heteroatoms.